The molecule has 0 saturated carbocycles. The molecule has 3 aromatic carbocycles. The van der Waals surface area contributed by atoms with Crippen LogP contribution in [0.5, 0.6) is 0 Å². The number of para-hydroxylation sites is 1. The van der Waals surface area contributed by atoms with Crippen LogP contribution in [0.15, 0.2) is 66.7 Å². The Balaban J connectivity index is 1.76. The Morgan fingerprint density at radius 1 is 1.06 bits per heavy atom. The van der Waals surface area contributed by atoms with Gasteiger partial charge in [-0.05, 0) is 71.6 Å². The number of carbonyl (C=O) groups excluding carboxylic acids is 1. The lowest BCUT2D eigenvalue weighted by atomic mass is 9.99. The number of aryl methyl sites for hydroxylation is 2. The van der Waals surface area contributed by atoms with E-state index in [1.165, 1.54) is 12.1 Å². The molecular weight excluding hydrogens is 461 g/mol. The van der Waals surface area contributed by atoms with Crippen LogP contribution in [0.3, 0.4) is 0 Å². The van der Waals surface area contributed by atoms with Gasteiger partial charge in [0.2, 0.25) is 0 Å². The minimum Gasteiger partial charge on any atom is -0.481 e. The number of rotatable bonds is 8. The topological polar surface area (TPSA) is 122 Å². The summed E-state index contributed by atoms with van der Waals surface area (Å²) in [6.07, 6.45) is -0.228. The average Bonchev–Trinajstić information content (AvgIpc) is 3.15. The summed E-state index contributed by atoms with van der Waals surface area (Å²) in [4.78, 5) is 24.5. The van der Waals surface area contributed by atoms with Gasteiger partial charge >= 0.3 is 5.97 Å². The Kier molecular flexibility index (Phi) is 7.12. The standard InChI is InChI=1S/C27H26FN5O3/c1-16-7-25(33(2)32-16)30-23-12-20(19-8-17(15-29)9-22(28)11-19)10-21(13-23)27(36)31-24-6-4-3-5-18(24)14-26(34)35/h3-13,30H,14-15,29H2,1-2H3,(H,31,36)(H,34,35). The molecule has 8 nitrogen and oxygen atoms in total. The number of halogens is 1. The monoisotopic (exact) mass is 487 g/mol. The van der Waals surface area contributed by atoms with Gasteiger partial charge in [-0.2, -0.15) is 5.10 Å². The summed E-state index contributed by atoms with van der Waals surface area (Å²) in [5.74, 6) is -1.15. The molecule has 0 aliphatic carbocycles. The van der Waals surface area contributed by atoms with Crippen LogP contribution in [0, 0.1) is 12.7 Å². The van der Waals surface area contributed by atoms with Crippen molar-refractivity contribution < 1.29 is 19.1 Å². The largest absolute Gasteiger partial charge is 0.481 e. The van der Waals surface area contributed by atoms with Gasteiger partial charge < -0.3 is 21.5 Å². The molecule has 1 amide bonds. The van der Waals surface area contributed by atoms with Gasteiger partial charge in [-0.15, -0.1) is 0 Å². The molecule has 0 unspecified atom stereocenters. The highest BCUT2D eigenvalue weighted by atomic mass is 19.1. The van der Waals surface area contributed by atoms with Crippen LogP contribution in [0.4, 0.5) is 21.6 Å². The van der Waals surface area contributed by atoms with E-state index >= 15 is 0 Å². The van der Waals surface area contributed by atoms with Crippen molar-refractivity contribution in [1.82, 2.24) is 9.78 Å². The molecule has 36 heavy (non-hydrogen) atoms. The number of carboxylic acids is 1. The second kappa shape index (κ2) is 10.4. The third-order valence-electron chi connectivity index (χ3n) is 5.60. The summed E-state index contributed by atoms with van der Waals surface area (Å²) in [6, 6.07) is 18.3. The summed E-state index contributed by atoms with van der Waals surface area (Å²) >= 11 is 0. The molecule has 0 aliphatic rings. The predicted molar refractivity (Wildman–Crippen MR) is 137 cm³/mol. The summed E-state index contributed by atoms with van der Waals surface area (Å²) < 4.78 is 16.0. The van der Waals surface area contributed by atoms with Gasteiger partial charge in [-0.1, -0.05) is 18.2 Å². The molecule has 0 bridgehead atoms. The molecule has 1 aromatic heterocycles. The fourth-order valence-corrected chi connectivity index (χ4v) is 3.96. The highest BCUT2D eigenvalue weighted by Crippen LogP contribution is 2.29. The highest BCUT2D eigenvalue weighted by Gasteiger charge is 2.15. The van der Waals surface area contributed by atoms with E-state index in [9.17, 15) is 19.1 Å². The Bertz CT molecular complexity index is 1450. The number of nitrogens with two attached hydrogens (primary N) is 1. The number of carboxylic acid groups (broad SMARTS) is 1. The van der Waals surface area contributed by atoms with Gasteiger partial charge in [-0.3, -0.25) is 14.3 Å². The maximum atomic E-state index is 14.3. The Morgan fingerprint density at radius 3 is 2.50 bits per heavy atom. The second-order valence-electron chi connectivity index (χ2n) is 8.45. The van der Waals surface area contributed by atoms with Crippen molar-refractivity contribution in [1.29, 1.82) is 0 Å². The zero-order chi connectivity index (χ0) is 25.8. The zero-order valence-corrected chi connectivity index (χ0v) is 19.9. The number of aliphatic carboxylic acids is 1. The van der Waals surface area contributed by atoms with E-state index in [2.05, 4.69) is 15.7 Å². The predicted octanol–water partition coefficient (Wildman–Crippen LogP) is 4.62. The number of anilines is 3. The van der Waals surface area contributed by atoms with Crippen LogP contribution in [0.25, 0.3) is 11.1 Å². The van der Waals surface area contributed by atoms with Crippen LogP contribution in [-0.2, 0) is 24.8 Å². The Labute approximate surface area is 207 Å². The lowest BCUT2D eigenvalue weighted by Crippen LogP contribution is -2.15. The minimum absolute atomic E-state index is 0.171. The van der Waals surface area contributed by atoms with Gasteiger partial charge in [0.1, 0.15) is 11.6 Å². The summed E-state index contributed by atoms with van der Waals surface area (Å²) in [5, 5.41) is 19.6. The van der Waals surface area contributed by atoms with Crippen LogP contribution in [0.1, 0.15) is 27.2 Å². The lowest BCUT2D eigenvalue weighted by Gasteiger charge is -2.14. The molecule has 184 valence electrons. The van der Waals surface area contributed by atoms with Crippen LogP contribution >= 0.6 is 0 Å². The number of nitrogens with zero attached hydrogens (tertiary/aromatic N) is 2. The zero-order valence-electron chi connectivity index (χ0n) is 19.9. The molecule has 5 N–H and O–H groups in total. The minimum atomic E-state index is -1.00. The van der Waals surface area contributed by atoms with Crippen molar-refractivity contribution in [2.24, 2.45) is 12.8 Å². The number of hydrogen-bond donors (Lipinski definition) is 4. The maximum absolute atomic E-state index is 14.3. The Hall–Kier alpha value is -4.50. The van der Waals surface area contributed by atoms with Gasteiger partial charge in [0, 0.05) is 36.6 Å². The van der Waals surface area contributed by atoms with Crippen molar-refractivity contribution in [2.45, 2.75) is 19.9 Å². The summed E-state index contributed by atoms with van der Waals surface area (Å²) in [6.45, 7) is 2.04. The first-order chi connectivity index (χ1) is 17.2. The quantitative estimate of drug-likeness (QED) is 0.288. The van der Waals surface area contributed by atoms with E-state index in [0.29, 0.717) is 45.0 Å². The van der Waals surface area contributed by atoms with Crippen molar-refractivity contribution >= 4 is 29.1 Å². The van der Waals surface area contributed by atoms with E-state index in [1.54, 1.807) is 54.2 Å². The third kappa shape index (κ3) is 5.76. The number of hydrogen-bond acceptors (Lipinski definition) is 5. The summed E-state index contributed by atoms with van der Waals surface area (Å²) in [7, 11) is 1.80. The normalized spacial score (nSPS) is 10.8. The maximum Gasteiger partial charge on any atom is 0.307 e. The van der Waals surface area contributed by atoms with Crippen molar-refractivity contribution in [3.05, 3.63) is 94.9 Å². The van der Waals surface area contributed by atoms with Gasteiger partial charge in [0.25, 0.3) is 5.91 Å². The smallest absolute Gasteiger partial charge is 0.307 e. The summed E-state index contributed by atoms with van der Waals surface area (Å²) in [5.41, 5.74) is 10.1. The van der Waals surface area contributed by atoms with Crippen molar-refractivity contribution in [2.75, 3.05) is 10.6 Å². The van der Waals surface area contributed by atoms with Gasteiger partial charge in [0.05, 0.1) is 12.1 Å². The Morgan fingerprint density at radius 2 is 1.81 bits per heavy atom. The molecule has 0 radical (unpaired) electrons. The fourth-order valence-electron chi connectivity index (χ4n) is 3.96. The average molecular weight is 488 g/mol. The number of amides is 1. The van der Waals surface area contributed by atoms with Crippen LogP contribution in [0.2, 0.25) is 0 Å². The molecular formula is C27H26FN5O3. The molecule has 0 saturated heterocycles. The fraction of sp³-hybridized carbons (Fsp3) is 0.148. The van der Waals surface area contributed by atoms with E-state index in [4.69, 9.17) is 5.73 Å². The number of benzene rings is 3. The molecule has 0 fully saturated rings. The molecule has 4 aromatic rings. The van der Waals surface area contributed by atoms with Crippen molar-refractivity contribution in [3.8, 4) is 11.1 Å². The molecule has 0 atom stereocenters. The van der Waals surface area contributed by atoms with E-state index in [-0.39, 0.29) is 13.0 Å². The van der Waals surface area contributed by atoms with Gasteiger partial charge in [0.15, 0.2) is 0 Å². The molecule has 1 heterocycles. The highest BCUT2D eigenvalue weighted by molar-refractivity contribution is 6.06. The van der Waals surface area contributed by atoms with E-state index in [1.807, 2.05) is 19.1 Å². The first-order valence-electron chi connectivity index (χ1n) is 11.3. The first kappa shape index (κ1) is 24.6. The second-order valence-corrected chi connectivity index (χ2v) is 8.45. The molecule has 0 spiro atoms. The number of aromatic nitrogens is 2. The van der Waals surface area contributed by atoms with E-state index < -0.39 is 17.7 Å². The van der Waals surface area contributed by atoms with E-state index in [0.717, 1.165) is 5.69 Å². The van der Waals surface area contributed by atoms with Crippen LogP contribution in [-0.4, -0.2) is 26.8 Å². The van der Waals surface area contributed by atoms with Gasteiger partial charge in [-0.25, -0.2) is 4.39 Å². The molecule has 4 rings (SSSR count). The number of nitrogens with one attached hydrogen (secondary N) is 2. The first-order valence-corrected chi connectivity index (χ1v) is 11.3. The third-order valence-corrected chi connectivity index (χ3v) is 5.60. The number of carbonyl (C=O) groups is 2. The van der Waals surface area contributed by atoms with Crippen LogP contribution < -0.4 is 16.4 Å². The SMILES string of the molecule is Cc1cc(Nc2cc(C(=O)Nc3ccccc3CC(=O)O)cc(-c3cc(F)cc(CN)c3)c2)n(C)n1. The molecule has 9 heteroatoms. The lowest BCUT2D eigenvalue weighted by molar-refractivity contribution is -0.136. The van der Waals surface area contributed by atoms with Crippen molar-refractivity contribution in [3.63, 3.8) is 0 Å². The molecule has 0 aliphatic heterocycles.